The molecule has 142 valence electrons. The molecule has 0 bridgehead atoms. The van der Waals surface area contributed by atoms with Crippen LogP contribution in [0, 0.1) is 20.2 Å². The first-order valence-electron chi connectivity index (χ1n) is 8.81. The number of pyridine rings is 1. The van der Waals surface area contributed by atoms with Crippen molar-refractivity contribution in [1.82, 2.24) is 4.98 Å². The third kappa shape index (κ3) is 3.07. The Hall–Kier alpha value is -3.75. The Morgan fingerprint density at radius 3 is 2.07 bits per heavy atom. The molecule has 0 N–H and O–H groups in total. The highest BCUT2D eigenvalue weighted by molar-refractivity contribution is 5.97. The van der Waals surface area contributed by atoms with Crippen LogP contribution in [0.25, 0.3) is 10.9 Å². The number of fused-ring (bicyclic) bond motifs is 1. The largest absolute Gasteiger partial charge is 0.366 e. The summed E-state index contributed by atoms with van der Waals surface area (Å²) in [5.74, 6) is 0. The molecule has 1 aliphatic heterocycles. The highest BCUT2D eigenvalue weighted by Crippen LogP contribution is 2.34. The predicted octanol–water partition coefficient (Wildman–Crippen LogP) is 3.38. The van der Waals surface area contributed by atoms with E-state index in [0.29, 0.717) is 42.8 Å². The molecule has 1 fully saturated rings. The Labute approximate surface area is 160 Å². The van der Waals surface area contributed by atoms with Gasteiger partial charge in [-0.25, -0.2) is 0 Å². The maximum atomic E-state index is 11.3. The third-order valence-electron chi connectivity index (χ3n) is 4.96. The third-order valence-corrected chi connectivity index (χ3v) is 4.96. The molecule has 2 aromatic carbocycles. The van der Waals surface area contributed by atoms with Crippen LogP contribution in [0.15, 0.2) is 54.7 Å². The van der Waals surface area contributed by atoms with Gasteiger partial charge in [0.2, 0.25) is 0 Å². The van der Waals surface area contributed by atoms with Gasteiger partial charge in [-0.2, -0.15) is 0 Å². The smallest absolute Gasteiger partial charge is 0.292 e. The number of para-hydroxylation sites is 2. The number of hydrogen-bond acceptors (Lipinski definition) is 7. The first-order chi connectivity index (χ1) is 13.6. The molecular weight excluding hydrogens is 362 g/mol. The van der Waals surface area contributed by atoms with E-state index in [0.717, 1.165) is 5.69 Å². The SMILES string of the molecule is O=[N+]([O-])c1ccccc1N1CCN(c2ccc([N+](=O)[O-])c3cccnc23)CC1. The Morgan fingerprint density at radius 1 is 0.750 bits per heavy atom. The van der Waals surface area contributed by atoms with Crippen LogP contribution in [0.4, 0.5) is 22.7 Å². The summed E-state index contributed by atoms with van der Waals surface area (Å²) >= 11 is 0. The van der Waals surface area contributed by atoms with E-state index in [1.165, 1.54) is 12.1 Å². The summed E-state index contributed by atoms with van der Waals surface area (Å²) < 4.78 is 0. The van der Waals surface area contributed by atoms with Crippen molar-refractivity contribution < 1.29 is 9.85 Å². The number of nitro groups is 2. The van der Waals surface area contributed by atoms with Gasteiger partial charge in [0, 0.05) is 44.5 Å². The molecule has 1 aliphatic rings. The van der Waals surface area contributed by atoms with E-state index in [9.17, 15) is 20.2 Å². The number of benzene rings is 2. The summed E-state index contributed by atoms with van der Waals surface area (Å²) in [7, 11) is 0. The highest BCUT2D eigenvalue weighted by Gasteiger charge is 2.25. The minimum Gasteiger partial charge on any atom is -0.366 e. The Balaban J connectivity index is 1.61. The Kier molecular flexibility index (Phi) is 4.48. The highest BCUT2D eigenvalue weighted by atomic mass is 16.6. The standard InChI is InChI=1S/C19H17N5O4/c25-23(26)15-7-8-18(19-14(15)4-3-9-20-19)22-12-10-21(11-13-22)16-5-1-2-6-17(16)24(27)28/h1-9H,10-13H2. The number of hydrogen-bond donors (Lipinski definition) is 0. The molecule has 28 heavy (non-hydrogen) atoms. The minimum atomic E-state index is -0.403. The van der Waals surface area contributed by atoms with Crippen LogP contribution >= 0.6 is 0 Å². The Bertz CT molecular complexity index is 1060. The monoisotopic (exact) mass is 379 g/mol. The summed E-state index contributed by atoms with van der Waals surface area (Å²) in [5, 5.41) is 23.1. The van der Waals surface area contributed by atoms with Gasteiger partial charge in [0.1, 0.15) is 11.2 Å². The topological polar surface area (TPSA) is 106 Å². The van der Waals surface area contributed by atoms with E-state index >= 15 is 0 Å². The second-order valence-corrected chi connectivity index (χ2v) is 6.48. The molecule has 3 aromatic rings. The maximum absolute atomic E-state index is 11.3. The Morgan fingerprint density at radius 2 is 1.39 bits per heavy atom. The van der Waals surface area contributed by atoms with Crippen molar-refractivity contribution in [3.63, 3.8) is 0 Å². The van der Waals surface area contributed by atoms with Crippen molar-refractivity contribution in [2.45, 2.75) is 0 Å². The van der Waals surface area contributed by atoms with E-state index < -0.39 is 4.92 Å². The molecule has 1 aromatic heterocycles. The van der Waals surface area contributed by atoms with Crippen LogP contribution in [-0.2, 0) is 0 Å². The van der Waals surface area contributed by atoms with Crippen molar-refractivity contribution in [3.05, 3.63) is 75.0 Å². The minimum absolute atomic E-state index is 0.0328. The molecule has 0 unspecified atom stereocenters. The summed E-state index contributed by atoms with van der Waals surface area (Å²) in [5.41, 5.74) is 2.17. The number of piperazine rings is 1. The molecule has 0 amide bonds. The van der Waals surface area contributed by atoms with Crippen molar-refractivity contribution >= 4 is 33.7 Å². The second kappa shape index (κ2) is 7.10. The maximum Gasteiger partial charge on any atom is 0.292 e. The number of rotatable bonds is 4. The van der Waals surface area contributed by atoms with E-state index in [2.05, 4.69) is 9.88 Å². The molecule has 0 aliphatic carbocycles. The first kappa shape index (κ1) is 17.7. The summed E-state index contributed by atoms with van der Waals surface area (Å²) in [6.45, 7) is 2.48. The molecular formula is C19H17N5O4. The van der Waals surface area contributed by atoms with Crippen LogP contribution in [-0.4, -0.2) is 41.0 Å². The lowest BCUT2D eigenvalue weighted by atomic mass is 10.1. The van der Waals surface area contributed by atoms with Gasteiger partial charge in [-0.3, -0.25) is 25.2 Å². The molecule has 0 spiro atoms. The fraction of sp³-hybridized carbons (Fsp3) is 0.211. The molecule has 2 heterocycles. The number of nitrogens with zero attached hydrogens (tertiary/aromatic N) is 5. The summed E-state index contributed by atoms with van der Waals surface area (Å²) in [6.07, 6.45) is 1.62. The molecule has 0 atom stereocenters. The molecule has 4 rings (SSSR count). The quantitative estimate of drug-likeness (QED) is 0.505. The molecule has 1 saturated heterocycles. The van der Waals surface area contributed by atoms with Gasteiger partial charge >= 0.3 is 0 Å². The number of aromatic nitrogens is 1. The number of non-ortho nitro benzene ring substituents is 1. The average molecular weight is 379 g/mol. The van der Waals surface area contributed by atoms with Crippen LogP contribution in [0.1, 0.15) is 0 Å². The lowest BCUT2D eigenvalue weighted by Crippen LogP contribution is -2.46. The van der Waals surface area contributed by atoms with E-state index in [1.807, 2.05) is 4.90 Å². The normalized spacial score (nSPS) is 14.3. The summed E-state index contributed by atoms with van der Waals surface area (Å²) in [6, 6.07) is 13.3. The number of nitro benzene ring substituents is 2. The van der Waals surface area contributed by atoms with Gasteiger partial charge in [0.05, 0.1) is 20.9 Å². The summed E-state index contributed by atoms with van der Waals surface area (Å²) in [4.78, 5) is 30.3. The molecule has 0 radical (unpaired) electrons. The molecule has 9 heteroatoms. The van der Waals surface area contributed by atoms with Crippen molar-refractivity contribution in [2.75, 3.05) is 36.0 Å². The van der Waals surface area contributed by atoms with Gasteiger partial charge in [-0.05, 0) is 24.3 Å². The van der Waals surface area contributed by atoms with Crippen molar-refractivity contribution in [1.29, 1.82) is 0 Å². The van der Waals surface area contributed by atoms with E-state index in [-0.39, 0.29) is 16.3 Å². The molecule has 0 saturated carbocycles. The van der Waals surface area contributed by atoms with Crippen molar-refractivity contribution in [2.24, 2.45) is 0 Å². The zero-order valence-electron chi connectivity index (χ0n) is 14.9. The van der Waals surface area contributed by atoms with Crippen molar-refractivity contribution in [3.8, 4) is 0 Å². The van der Waals surface area contributed by atoms with Gasteiger partial charge < -0.3 is 9.80 Å². The molecule has 9 nitrogen and oxygen atoms in total. The van der Waals surface area contributed by atoms with Gasteiger partial charge in [-0.1, -0.05) is 12.1 Å². The van der Waals surface area contributed by atoms with Gasteiger partial charge in [0.15, 0.2) is 0 Å². The van der Waals surface area contributed by atoms with E-state index in [4.69, 9.17) is 0 Å². The van der Waals surface area contributed by atoms with Crippen LogP contribution in [0.5, 0.6) is 0 Å². The van der Waals surface area contributed by atoms with Crippen LogP contribution in [0.2, 0.25) is 0 Å². The van der Waals surface area contributed by atoms with Crippen LogP contribution in [0.3, 0.4) is 0 Å². The van der Waals surface area contributed by atoms with E-state index in [1.54, 1.807) is 42.6 Å². The second-order valence-electron chi connectivity index (χ2n) is 6.48. The van der Waals surface area contributed by atoms with Gasteiger partial charge in [-0.15, -0.1) is 0 Å². The zero-order chi connectivity index (χ0) is 19.7. The lowest BCUT2D eigenvalue weighted by molar-refractivity contribution is -0.384. The first-order valence-corrected chi connectivity index (χ1v) is 8.81. The fourth-order valence-corrected chi connectivity index (χ4v) is 3.63. The van der Waals surface area contributed by atoms with Crippen LogP contribution < -0.4 is 9.80 Å². The average Bonchev–Trinajstić information content (AvgIpc) is 2.73. The lowest BCUT2D eigenvalue weighted by Gasteiger charge is -2.37. The van der Waals surface area contributed by atoms with Gasteiger partial charge in [0.25, 0.3) is 11.4 Å². The zero-order valence-corrected chi connectivity index (χ0v) is 14.9. The fourth-order valence-electron chi connectivity index (χ4n) is 3.63. The number of anilines is 2. The predicted molar refractivity (Wildman–Crippen MR) is 106 cm³/mol.